The van der Waals surface area contributed by atoms with Crippen molar-refractivity contribution in [2.24, 2.45) is 12.9 Å². The number of nitrogens with zero attached hydrogens (tertiary/aromatic N) is 4. The second-order valence-electron chi connectivity index (χ2n) is 5.13. The molecule has 0 fully saturated rings. The summed E-state index contributed by atoms with van der Waals surface area (Å²) in [5.74, 6) is 7.87. The molecule has 0 aliphatic rings. The van der Waals surface area contributed by atoms with Gasteiger partial charge in [0.15, 0.2) is 0 Å². The normalized spacial score (nSPS) is 10.9. The summed E-state index contributed by atoms with van der Waals surface area (Å²) in [4.78, 5) is 8.98. The number of aryl methyl sites for hydroxylation is 2. The zero-order chi connectivity index (χ0) is 14.9. The smallest absolute Gasteiger partial charge is 0.148 e. The van der Waals surface area contributed by atoms with Crippen LogP contribution >= 0.6 is 0 Å². The zero-order valence-electron chi connectivity index (χ0n) is 12.5. The van der Waals surface area contributed by atoms with Crippen LogP contribution in [-0.4, -0.2) is 19.7 Å². The second-order valence-corrected chi connectivity index (χ2v) is 5.13. The van der Waals surface area contributed by atoms with Crippen molar-refractivity contribution in [2.45, 2.75) is 33.6 Å². The molecule has 4 N–H and O–H groups in total. The molecule has 2 aromatic rings. The number of rotatable bonds is 4. The van der Waals surface area contributed by atoms with E-state index in [2.05, 4.69) is 25.8 Å². The largest absolute Gasteiger partial charge is 0.337 e. The molecular formula is C13H21N7. The fourth-order valence-electron chi connectivity index (χ4n) is 1.90. The van der Waals surface area contributed by atoms with Gasteiger partial charge in [-0.05, 0) is 13.8 Å². The molecule has 2 heterocycles. The second kappa shape index (κ2) is 5.46. The number of hydrogen-bond donors (Lipinski definition) is 3. The van der Waals surface area contributed by atoms with Crippen LogP contribution in [0.4, 0.5) is 17.3 Å². The molecule has 0 unspecified atom stereocenters. The van der Waals surface area contributed by atoms with Crippen LogP contribution in [0.25, 0.3) is 0 Å². The Hall–Kier alpha value is -2.15. The Morgan fingerprint density at radius 2 is 1.85 bits per heavy atom. The monoisotopic (exact) mass is 275 g/mol. The van der Waals surface area contributed by atoms with Gasteiger partial charge >= 0.3 is 0 Å². The molecule has 0 aliphatic heterocycles. The SMILES string of the molecule is Cc1nn(C)cc1Nc1nc(C(C)C)nc(NN)c1C. The van der Waals surface area contributed by atoms with Crippen LogP contribution in [0.2, 0.25) is 0 Å². The van der Waals surface area contributed by atoms with E-state index in [0.29, 0.717) is 5.82 Å². The maximum Gasteiger partial charge on any atom is 0.148 e. The number of hydrogen-bond acceptors (Lipinski definition) is 6. The Labute approximate surface area is 118 Å². The van der Waals surface area contributed by atoms with Crippen molar-refractivity contribution in [3.8, 4) is 0 Å². The Bertz CT molecular complexity index is 615. The van der Waals surface area contributed by atoms with E-state index >= 15 is 0 Å². The van der Waals surface area contributed by atoms with Crippen LogP contribution in [0.5, 0.6) is 0 Å². The summed E-state index contributed by atoms with van der Waals surface area (Å²) >= 11 is 0. The Balaban J connectivity index is 2.44. The molecule has 0 saturated carbocycles. The number of hydrazine groups is 1. The highest BCUT2D eigenvalue weighted by molar-refractivity contribution is 5.65. The van der Waals surface area contributed by atoms with Crippen LogP contribution in [0.15, 0.2) is 6.20 Å². The minimum Gasteiger partial charge on any atom is -0.337 e. The summed E-state index contributed by atoms with van der Waals surface area (Å²) in [6.45, 7) is 7.96. The van der Waals surface area contributed by atoms with Crippen molar-refractivity contribution in [1.82, 2.24) is 19.7 Å². The summed E-state index contributed by atoms with van der Waals surface area (Å²) in [6, 6.07) is 0. The lowest BCUT2D eigenvalue weighted by atomic mass is 10.2. The van der Waals surface area contributed by atoms with Gasteiger partial charge in [0.05, 0.1) is 11.4 Å². The molecule has 0 bridgehead atoms. The highest BCUT2D eigenvalue weighted by atomic mass is 15.3. The average molecular weight is 275 g/mol. The van der Waals surface area contributed by atoms with Gasteiger partial charge in [0.25, 0.3) is 0 Å². The summed E-state index contributed by atoms with van der Waals surface area (Å²) in [7, 11) is 1.89. The van der Waals surface area contributed by atoms with E-state index in [1.54, 1.807) is 4.68 Å². The van der Waals surface area contributed by atoms with Gasteiger partial charge in [-0.25, -0.2) is 15.8 Å². The van der Waals surface area contributed by atoms with E-state index in [1.165, 1.54) is 0 Å². The molecule has 20 heavy (non-hydrogen) atoms. The first-order valence-electron chi connectivity index (χ1n) is 6.54. The lowest BCUT2D eigenvalue weighted by Gasteiger charge is -2.14. The third-order valence-corrected chi connectivity index (χ3v) is 3.08. The molecule has 108 valence electrons. The molecule has 0 saturated heterocycles. The average Bonchev–Trinajstić information content (AvgIpc) is 2.70. The number of nitrogens with one attached hydrogen (secondary N) is 2. The summed E-state index contributed by atoms with van der Waals surface area (Å²) in [5, 5.41) is 7.61. The predicted molar refractivity (Wildman–Crippen MR) is 79.9 cm³/mol. The van der Waals surface area contributed by atoms with Crippen molar-refractivity contribution >= 4 is 17.3 Å². The fraction of sp³-hybridized carbons (Fsp3) is 0.462. The molecule has 2 aromatic heterocycles. The molecule has 7 nitrogen and oxygen atoms in total. The Morgan fingerprint density at radius 3 is 2.35 bits per heavy atom. The summed E-state index contributed by atoms with van der Waals surface area (Å²) in [5.41, 5.74) is 5.34. The minimum absolute atomic E-state index is 0.221. The van der Waals surface area contributed by atoms with Gasteiger partial charge in [0, 0.05) is 24.7 Å². The lowest BCUT2D eigenvalue weighted by Crippen LogP contribution is -2.14. The maximum absolute atomic E-state index is 5.53. The third-order valence-electron chi connectivity index (χ3n) is 3.08. The van der Waals surface area contributed by atoms with Crippen LogP contribution < -0.4 is 16.6 Å². The van der Waals surface area contributed by atoms with Gasteiger partial charge < -0.3 is 10.7 Å². The van der Waals surface area contributed by atoms with Gasteiger partial charge in [-0.2, -0.15) is 5.10 Å². The third kappa shape index (κ3) is 2.72. The van der Waals surface area contributed by atoms with Gasteiger partial charge in [0.1, 0.15) is 17.5 Å². The number of nitrogens with two attached hydrogens (primary N) is 1. The van der Waals surface area contributed by atoms with E-state index in [4.69, 9.17) is 5.84 Å². The van der Waals surface area contributed by atoms with Crippen molar-refractivity contribution in [2.75, 3.05) is 10.7 Å². The molecule has 0 atom stereocenters. The first-order chi connectivity index (χ1) is 9.42. The van der Waals surface area contributed by atoms with Crippen LogP contribution in [-0.2, 0) is 7.05 Å². The van der Waals surface area contributed by atoms with Crippen LogP contribution in [0.3, 0.4) is 0 Å². The molecule has 7 heteroatoms. The van der Waals surface area contributed by atoms with Crippen molar-refractivity contribution in [3.05, 3.63) is 23.3 Å². The lowest BCUT2D eigenvalue weighted by molar-refractivity contribution is 0.756. The number of anilines is 3. The maximum atomic E-state index is 5.53. The molecule has 0 amide bonds. The number of aromatic nitrogens is 4. The molecule has 0 spiro atoms. The van der Waals surface area contributed by atoms with Crippen molar-refractivity contribution in [1.29, 1.82) is 0 Å². The van der Waals surface area contributed by atoms with Gasteiger partial charge in [-0.1, -0.05) is 13.8 Å². The summed E-state index contributed by atoms with van der Waals surface area (Å²) in [6.07, 6.45) is 1.92. The first-order valence-corrected chi connectivity index (χ1v) is 6.54. The first kappa shape index (κ1) is 14.3. The highest BCUT2D eigenvalue weighted by Gasteiger charge is 2.14. The predicted octanol–water partition coefficient (Wildman–Crippen LogP) is 1.98. The Morgan fingerprint density at radius 1 is 1.20 bits per heavy atom. The molecule has 0 radical (unpaired) electrons. The van der Waals surface area contributed by atoms with Crippen molar-refractivity contribution in [3.63, 3.8) is 0 Å². The molecule has 2 rings (SSSR count). The standard InChI is InChI=1S/C13H21N7/c1-7(2)11-16-12(8(3)13(17-11)18-14)15-10-6-20(5)19-9(10)4/h6-7H,14H2,1-5H3,(H2,15,16,17,18). The molecular weight excluding hydrogens is 254 g/mol. The van der Waals surface area contributed by atoms with E-state index in [1.807, 2.05) is 40.9 Å². The quantitative estimate of drug-likeness (QED) is 0.583. The fourth-order valence-corrected chi connectivity index (χ4v) is 1.90. The molecule has 0 aromatic carbocycles. The minimum atomic E-state index is 0.221. The van der Waals surface area contributed by atoms with Gasteiger partial charge in [0.2, 0.25) is 0 Å². The van der Waals surface area contributed by atoms with Crippen molar-refractivity contribution < 1.29 is 0 Å². The van der Waals surface area contributed by atoms with Crippen LogP contribution in [0, 0.1) is 13.8 Å². The van der Waals surface area contributed by atoms with E-state index in [0.717, 1.165) is 28.6 Å². The zero-order valence-corrected chi connectivity index (χ0v) is 12.5. The van der Waals surface area contributed by atoms with Gasteiger partial charge in [-0.3, -0.25) is 4.68 Å². The summed E-state index contributed by atoms with van der Waals surface area (Å²) < 4.78 is 1.76. The van der Waals surface area contributed by atoms with Crippen LogP contribution in [0.1, 0.15) is 36.8 Å². The van der Waals surface area contributed by atoms with Gasteiger partial charge in [-0.15, -0.1) is 0 Å². The van der Waals surface area contributed by atoms with E-state index in [-0.39, 0.29) is 5.92 Å². The molecule has 0 aliphatic carbocycles. The van der Waals surface area contributed by atoms with E-state index in [9.17, 15) is 0 Å². The van der Waals surface area contributed by atoms with E-state index < -0.39 is 0 Å². The highest BCUT2D eigenvalue weighted by Crippen LogP contribution is 2.26. The topological polar surface area (TPSA) is 93.7 Å². The number of nitrogen functional groups attached to an aromatic ring is 1. The Kier molecular flexibility index (Phi) is 3.89.